The van der Waals surface area contributed by atoms with Gasteiger partial charge in [0.15, 0.2) is 0 Å². The van der Waals surface area contributed by atoms with Crippen molar-refractivity contribution < 1.29 is 0 Å². The number of anilines is 1. The van der Waals surface area contributed by atoms with Crippen LogP contribution in [-0.2, 0) is 25.9 Å². The highest BCUT2D eigenvalue weighted by atomic mass is 15.3. The van der Waals surface area contributed by atoms with Crippen molar-refractivity contribution in [2.24, 2.45) is 5.73 Å². The topological polar surface area (TPSA) is 67.9 Å². The highest BCUT2D eigenvalue weighted by Crippen LogP contribution is 2.13. The van der Waals surface area contributed by atoms with Gasteiger partial charge < -0.3 is 10.6 Å². The summed E-state index contributed by atoms with van der Waals surface area (Å²) < 4.78 is 0. The highest BCUT2D eigenvalue weighted by Gasteiger charge is 2.10. The van der Waals surface area contributed by atoms with Gasteiger partial charge >= 0.3 is 0 Å². The molecule has 21 heavy (non-hydrogen) atoms. The van der Waals surface area contributed by atoms with Crippen LogP contribution < -0.4 is 10.6 Å². The van der Waals surface area contributed by atoms with Crippen molar-refractivity contribution in [1.29, 1.82) is 0 Å². The Morgan fingerprint density at radius 2 is 1.76 bits per heavy atom. The molecule has 5 heteroatoms. The van der Waals surface area contributed by atoms with Crippen molar-refractivity contribution in [3.05, 3.63) is 46.8 Å². The Balaban J connectivity index is 2.17. The number of nitrogens with two attached hydrogens (primary N) is 1. The second kappa shape index (κ2) is 7.13. The van der Waals surface area contributed by atoms with Crippen LogP contribution in [0.25, 0.3) is 0 Å². The molecule has 1 aromatic carbocycles. The zero-order chi connectivity index (χ0) is 15.2. The van der Waals surface area contributed by atoms with E-state index in [-0.39, 0.29) is 0 Å². The number of rotatable bonds is 6. The minimum Gasteiger partial charge on any atom is -0.338 e. The summed E-state index contributed by atoms with van der Waals surface area (Å²) in [5, 5.41) is 8.53. The van der Waals surface area contributed by atoms with E-state index in [0.29, 0.717) is 12.5 Å². The van der Waals surface area contributed by atoms with E-state index in [1.807, 2.05) is 24.1 Å². The van der Waals surface area contributed by atoms with Crippen LogP contribution in [0.3, 0.4) is 0 Å². The Bertz CT molecular complexity index is 597. The molecule has 1 heterocycles. The van der Waals surface area contributed by atoms with E-state index < -0.39 is 0 Å². The van der Waals surface area contributed by atoms with E-state index in [2.05, 4.69) is 41.2 Å². The van der Waals surface area contributed by atoms with E-state index in [4.69, 9.17) is 5.73 Å². The lowest BCUT2D eigenvalue weighted by Gasteiger charge is -2.18. The summed E-state index contributed by atoms with van der Waals surface area (Å²) in [5.74, 6) is 0.669. The number of aryl methyl sites for hydroxylation is 2. The van der Waals surface area contributed by atoms with Crippen LogP contribution in [0.1, 0.15) is 36.4 Å². The van der Waals surface area contributed by atoms with E-state index >= 15 is 0 Å². The lowest BCUT2D eigenvalue weighted by atomic mass is 10.1. The molecule has 0 atom stereocenters. The molecule has 0 bridgehead atoms. The van der Waals surface area contributed by atoms with Crippen LogP contribution in [-0.4, -0.2) is 22.2 Å². The van der Waals surface area contributed by atoms with Gasteiger partial charge in [-0.25, -0.2) is 4.98 Å². The first kappa shape index (κ1) is 15.4. The molecular formula is C16H23N5. The summed E-state index contributed by atoms with van der Waals surface area (Å²) in [7, 11) is 1.98. The standard InChI is InChI=1S/C16H23N5/c1-4-14-15(5-2)19-20-16(18-14)21(3)11-13-8-6-7-12(9-13)10-17/h6-9H,4-5,10-11,17H2,1-3H3. The first-order valence-electron chi connectivity index (χ1n) is 7.39. The highest BCUT2D eigenvalue weighted by molar-refractivity contribution is 5.33. The van der Waals surface area contributed by atoms with E-state index in [1.54, 1.807) is 0 Å². The number of hydrogen-bond acceptors (Lipinski definition) is 5. The molecule has 0 unspecified atom stereocenters. The van der Waals surface area contributed by atoms with Crippen molar-refractivity contribution in [2.45, 2.75) is 39.8 Å². The fourth-order valence-electron chi connectivity index (χ4n) is 2.29. The van der Waals surface area contributed by atoms with Gasteiger partial charge in [0.1, 0.15) is 0 Å². The lowest BCUT2D eigenvalue weighted by Crippen LogP contribution is -2.21. The molecule has 0 saturated carbocycles. The maximum Gasteiger partial charge on any atom is 0.245 e. The Kier molecular flexibility index (Phi) is 5.22. The first-order valence-corrected chi connectivity index (χ1v) is 7.39. The Hall–Kier alpha value is -2.01. The molecule has 2 aromatic rings. The maximum atomic E-state index is 5.68. The zero-order valence-corrected chi connectivity index (χ0v) is 13.0. The third-order valence-electron chi connectivity index (χ3n) is 3.49. The Labute approximate surface area is 126 Å². The molecule has 0 aliphatic carbocycles. The molecule has 0 amide bonds. The molecular weight excluding hydrogens is 262 g/mol. The van der Waals surface area contributed by atoms with Gasteiger partial charge in [-0.05, 0) is 24.0 Å². The molecule has 1 aromatic heterocycles. The van der Waals surface area contributed by atoms with Crippen LogP contribution in [0.5, 0.6) is 0 Å². The second-order valence-electron chi connectivity index (χ2n) is 5.09. The first-order chi connectivity index (χ1) is 10.2. The summed E-state index contributed by atoms with van der Waals surface area (Å²) in [6.07, 6.45) is 1.74. The molecule has 112 valence electrons. The SMILES string of the molecule is CCc1nnc(N(C)Cc2cccc(CN)c2)nc1CC. The Morgan fingerprint density at radius 3 is 2.43 bits per heavy atom. The normalized spacial score (nSPS) is 10.7. The average molecular weight is 285 g/mol. The van der Waals surface area contributed by atoms with Crippen LogP contribution in [0.2, 0.25) is 0 Å². The van der Waals surface area contributed by atoms with E-state index in [0.717, 1.165) is 36.3 Å². The fourth-order valence-corrected chi connectivity index (χ4v) is 2.29. The van der Waals surface area contributed by atoms with Crippen molar-refractivity contribution in [1.82, 2.24) is 15.2 Å². The third-order valence-corrected chi connectivity index (χ3v) is 3.49. The molecule has 0 spiro atoms. The molecule has 0 fully saturated rings. The summed E-state index contributed by atoms with van der Waals surface area (Å²) in [6.45, 7) is 5.47. The molecule has 2 rings (SSSR count). The number of hydrogen-bond donors (Lipinski definition) is 1. The van der Waals surface area contributed by atoms with Crippen LogP contribution in [0, 0.1) is 0 Å². The summed E-state index contributed by atoms with van der Waals surface area (Å²) in [4.78, 5) is 6.64. The summed E-state index contributed by atoms with van der Waals surface area (Å²) >= 11 is 0. The van der Waals surface area contributed by atoms with Crippen LogP contribution >= 0.6 is 0 Å². The maximum absolute atomic E-state index is 5.68. The number of aromatic nitrogens is 3. The summed E-state index contributed by atoms with van der Waals surface area (Å²) in [5.41, 5.74) is 10.0. The molecule has 0 aliphatic rings. The molecule has 5 nitrogen and oxygen atoms in total. The second-order valence-corrected chi connectivity index (χ2v) is 5.09. The minimum absolute atomic E-state index is 0.556. The molecule has 0 aliphatic heterocycles. The van der Waals surface area contributed by atoms with Gasteiger partial charge in [-0.1, -0.05) is 38.1 Å². The average Bonchev–Trinajstić information content (AvgIpc) is 2.54. The van der Waals surface area contributed by atoms with E-state index in [9.17, 15) is 0 Å². The largest absolute Gasteiger partial charge is 0.338 e. The monoisotopic (exact) mass is 285 g/mol. The predicted octanol–water partition coefficient (Wildman–Crippen LogP) is 2.09. The van der Waals surface area contributed by atoms with Crippen molar-refractivity contribution in [3.63, 3.8) is 0 Å². The van der Waals surface area contributed by atoms with Crippen molar-refractivity contribution in [3.8, 4) is 0 Å². The molecule has 0 saturated heterocycles. The third kappa shape index (κ3) is 3.76. The smallest absolute Gasteiger partial charge is 0.245 e. The van der Waals surface area contributed by atoms with Crippen LogP contribution in [0.15, 0.2) is 24.3 Å². The van der Waals surface area contributed by atoms with Gasteiger partial charge in [0.2, 0.25) is 5.95 Å². The zero-order valence-electron chi connectivity index (χ0n) is 13.0. The van der Waals surface area contributed by atoms with Crippen molar-refractivity contribution >= 4 is 5.95 Å². The van der Waals surface area contributed by atoms with Gasteiger partial charge in [0.05, 0.1) is 11.4 Å². The van der Waals surface area contributed by atoms with Gasteiger partial charge in [-0.2, -0.15) is 5.10 Å². The number of nitrogens with zero attached hydrogens (tertiary/aromatic N) is 4. The van der Waals surface area contributed by atoms with Gasteiger partial charge in [0, 0.05) is 20.1 Å². The fraction of sp³-hybridized carbons (Fsp3) is 0.438. The quantitative estimate of drug-likeness (QED) is 0.880. The summed E-state index contributed by atoms with van der Waals surface area (Å²) in [6, 6.07) is 8.27. The molecule has 2 N–H and O–H groups in total. The predicted molar refractivity (Wildman–Crippen MR) is 85.0 cm³/mol. The van der Waals surface area contributed by atoms with Gasteiger partial charge in [-0.15, -0.1) is 5.10 Å². The molecule has 0 radical (unpaired) electrons. The Morgan fingerprint density at radius 1 is 1.05 bits per heavy atom. The van der Waals surface area contributed by atoms with Gasteiger partial charge in [-0.3, -0.25) is 0 Å². The van der Waals surface area contributed by atoms with E-state index in [1.165, 1.54) is 5.56 Å². The minimum atomic E-state index is 0.556. The van der Waals surface area contributed by atoms with Crippen molar-refractivity contribution in [2.75, 3.05) is 11.9 Å². The van der Waals surface area contributed by atoms with Crippen LogP contribution in [0.4, 0.5) is 5.95 Å². The lowest BCUT2D eigenvalue weighted by molar-refractivity contribution is 0.771. The number of benzene rings is 1. The van der Waals surface area contributed by atoms with Gasteiger partial charge in [0.25, 0.3) is 0 Å².